The van der Waals surface area contributed by atoms with E-state index in [-0.39, 0.29) is 6.04 Å². The first-order chi connectivity index (χ1) is 8.06. The Bertz CT molecular complexity index is 405. The lowest BCUT2D eigenvalue weighted by atomic mass is 10.1. The molecule has 0 radical (unpaired) electrons. The van der Waals surface area contributed by atoms with Crippen LogP contribution in [-0.2, 0) is 6.54 Å². The third-order valence-corrected chi connectivity index (χ3v) is 2.87. The number of benzene rings is 1. The van der Waals surface area contributed by atoms with Crippen LogP contribution < -0.4 is 15.2 Å². The fourth-order valence-corrected chi connectivity index (χ4v) is 2.10. The lowest BCUT2D eigenvalue weighted by Gasteiger charge is -2.20. The maximum Gasteiger partial charge on any atom is 0.231 e. The van der Waals surface area contributed by atoms with Gasteiger partial charge in [-0.1, -0.05) is 0 Å². The van der Waals surface area contributed by atoms with E-state index >= 15 is 0 Å². The minimum atomic E-state index is 0.189. The third-order valence-electron chi connectivity index (χ3n) is 2.87. The molecule has 0 saturated heterocycles. The summed E-state index contributed by atoms with van der Waals surface area (Å²) in [7, 11) is 2.08. The smallest absolute Gasteiger partial charge is 0.231 e. The number of nitrogens with zero attached hydrogens (tertiary/aromatic N) is 1. The summed E-state index contributed by atoms with van der Waals surface area (Å²) in [5.41, 5.74) is 8.28. The summed E-state index contributed by atoms with van der Waals surface area (Å²) < 4.78 is 10.7. The van der Waals surface area contributed by atoms with Crippen LogP contribution in [0.2, 0.25) is 0 Å². The van der Waals surface area contributed by atoms with Gasteiger partial charge in [-0.25, -0.2) is 0 Å². The zero-order valence-corrected chi connectivity index (χ0v) is 10.7. The Morgan fingerprint density at radius 1 is 1.35 bits per heavy atom. The van der Waals surface area contributed by atoms with E-state index in [1.807, 2.05) is 13.0 Å². The van der Waals surface area contributed by atoms with Gasteiger partial charge in [-0.05, 0) is 44.2 Å². The minimum Gasteiger partial charge on any atom is -0.454 e. The zero-order chi connectivity index (χ0) is 12.4. The van der Waals surface area contributed by atoms with E-state index in [0.717, 1.165) is 24.6 Å². The molecule has 1 aromatic carbocycles. The van der Waals surface area contributed by atoms with Crippen molar-refractivity contribution in [3.05, 3.63) is 23.3 Å². The minimum absolute atomic E-state index is 0.189. The number of aryl methyl sites for hydroxylation is 1. The molecule has 1 aliphatic heterocycles. The molecular formula is C13H20N2O2. The number of hydrogen-bond donors (Lipinski definition) is 1. The van der Waals surface area contributed by atoms with E-state index < -0.39 is 0 Å². The average molecular weight is 236 g/mol. The molecule has 0 fully saturated rings. The monoisotopic (exact) mass is 236 g/mol. The van der Waals surface area contributed by atoms with Crippen molar-refractivity contribution in [2.75, 3.05) is 20.4 Å². The van der Waals surface area contributed by atoms with Crippen molar-refractivity contribution >= 4 is 0 Å². The normalized spacial score (nSPS) is 15.4. The van der Waals surface area contributed by atoms with Gasteiger partial charge < -0.3 is 20.1 Å². The van der Waals surface area contributed by atoms with Gasteiger partial charge in [0, 0.05) is 19.1 Å². The molecule has 1 atom stereocenters. The largest absolute Gasteiger partial charge is 0.454 e. The van der Waals surface area contributed by atoms with Crippen molar-refractivity contribution in [3.63, 3.8) is 0 Å². The molecule has 2 N–H and O–H groups in total. The first-order valence-electron chi connectivity index (χ1n) is 5.89. The fraction of sp³-hybridized carbons (Fsp3) is 0.538. The molecule has 0 aliphatic carbocycles. The second-order valence-electron chi connectivity index (χ2n) is 4.81. The number of hydrogen-bond acceptors (Lipinski definition) is 4. The third kappa shape index (κ3) is 2.90. The molecule has 4 nitrogen and oxygen atoms in total. The number of nitrogens with two attached hydrogens (primary N) is 1. The number of ether oxygens (including phenoxy) is 2. The van der Waals surface area contributed by atoms with E-state index in [2.05, 4.69) is 24.9 Å². The Morgan fingerprint density at radius 3 is 2.65 bits per heavy atom. The Kier molecular flexibility index (Phi) is 3.54. The molecule has 2 rings (SSSR count). The lowest BCUT2D eigenvalue weighted by molar-refractivity contribution is 0.174. The Labute approximate surface area is 102 Å². The predicted octanol–water partition coefficient (Wildman–Crippen LogP) is 1.50. The summed E-state index contributed by atoms with van der Waals surface area (Å²) in [5.74, 6) is 1.70. The van der Waals surface area contributed by atoms with E-state index in [4.69, 9.17) is 15.2 Å². The summed E-state index contributed by atoms with van der Waals surface area (Å²) in [6.45, 7) is 6.20. The molecule has 17 heavy (non-hydrogen) atoms. The van der Waals surface area contributed by atoms with Crippen molar-refractivity contribution in [1.29, 1.82) is 0 Å². The van der Waals surface area contributed by atoms with Gasteiger partial charge in [0.05, 0.1) is 0 Å². The van der Waals surface area contributed by atoms with Crippen LogP contribution in [0.3, 0.4) is 0 Å². The molecule has 0 saturated carbocycles. The van der Waals surface area contributed by atoms with E-state index in [9.17, 15) is 0 Å². The van der Waals surface area contributed by atoms with Crippen LogP contribution >= 0.6 is 0 Å². The molecule has 1 aromatic rings. The molecule has 1 heterocycles. The van der Waals surface area contributed by atoms with Crippen LogP contribution in [0.4, 0.5) is 0 Å². The van der Waals surface area contributed by atoms with Crippen molar-refractivity contribution in [1.82, 2.24) is 4.90 Å². The number of likely N-dealkylation sites (N-methyl/N-ethyl adjacent to an activating group) is 1. The van der Waals surface area contributed by atoms with Crippen molar-refractivity contribution in [3.8, 4) is 11.5 Å². The summed E-state index contributed by atoms with van der Waals surface area (Å²) in [6, 6.07) is 4.29. The maximum absolute atomic E-state index is 5.79. The van der Waals surface area contributed by atoms with Gasteiger partial charge in [0.25, 0.3) is 0 Å². The van der Waals surface area contributed by atoms with Crippen molar-refractivity contribution in [2.45, 2.75) is 26.4 Å². The lowest BCUT2D eigenvalue weighted by Crippen LogP contribution is -2.32. The van der Waals surface area contributed by atoms with Crippen LogP contribution in [-0.4, -0.2) is 31.3 Å². The fourth-order valence-electron chi connectivity index (χ4n) is 2.10. The van der Waals surface area contributed by atoms with Gasteiger partial charge in [0.1, 0.15) is 0 Å². The predicted molar refractivity (Wildman–Crippen MR) is 67.3 cm³/mol. The highest BCUT2D eigenvalue weighted by Crippen LogP contribution is 2.34. The van der Waals surface area contributed by atoms with E-state index in [1.165, 1.54) is 11.1 Å². The molecule has 0 spiro atoms. The second-order valence-corrected chi connectivity index (χ2v) is 4.81. The first-order valence-corrected chi connectivity index (χ1v) is 5.89. The van der Waals surface area contributed by atoms with Crippen LogP contribution in [0.5, 0.6) is 11.5 Å². The maximum atomic E-state index is 5.79. The van der Waals surface area contributed by atoms with Gasteiger partial charge in [-0.15, -0.1) is 0 Å². The Balaban J connectivity index is 2.11. The van der Waals surface area contributed by atoms with Gasteiger partial charge in [-0.3, -0.25) is 0 Å². The highest BCUT2D eigenvalue weighted by molar-refractivity contribution is 5.48. The highest BCUT2D eigenvalue weighted by Gasteiger charge is 2.16. The van der Waals surface area contributed by atoms with Crippen molar-refractivity contribution < 1.29 is 9.47 Å². The molecule has 0 bridgehead atoms. The highest BCUT2D eigenvalue weighted by atomic mass is 16.7. The van der Waals surface area contributed by atoms with Crippen LogP contribution in [0.25, 0.3) is 0 Å². The van der Waals surface area contributed by atoms with Crippen LogP contribution in [0, 0.1) is 6.92 Å². The molecule has 0 aromatic heterocycles. The summed E-state index contributed by atoms with van der Waals surface area (Å²) in [4.78, 5) is 2.22. The van der Waals surface area contributed by atoms with Crippen molar-refractivity contribution in [2.24, 2.45) is 5.73 Å². The van der Waals surface area contributed by atoms with E-state index in [0.29, 0.717) is 6.79 Å². The van der Waals surface area contributed by atoms with Gasteiger partial charge >= 0.3 is 0 Å². The average Bonchev–Trinajstić information content (AvgIpc) is 2.63. The molecule has 1 unspecified atom stereocenters. The molecular weight excluding hydrogens is 216 g/mol. The summed E-state index contributed by atoms with van der Waals surface area (Å²) >= 11 is 0. The molecule has 1 aliphatic rings. The molecule has 94 valence electrons. The Hall–Kier alpha value is -1.26. The second kappa shape index (κ2) is 4.94. The van der Waals surface area contributed by atoms with Crippen LogP contribution in [0.1, 0.15) is 18.1 Å². The summed E-state index contributed by atoms with van der Waals surface area (Å²) in [6.07, 6.45) is 0. The standard InChI is InChI=1S/C13H20N2O2/c1-9-4-12-13(17-8-16-12)5-11(9)7-15(3)6-10(2)14/h4-5,10H,6-8,14H2,1-3H3. The Morgan fingerprint density at radius 2 is 2.00 bits per heavy atom. The van der Waals surface area contributed by atoms with Crippen LogP contribution in [0.15, 0.2) is 12.1 Å². The first kappa shape index (κ1) is 12.2. The van der Waals surface area contributed by atoms with Gasteiger partial charge in [-0.2, -0.15) is 0 Å². The number of fused-ring (bicyclic) bond motifs is 1. The quantitative estimate of drug-likeness (QED) is 0.860. The van der Waals surface area contributed by atoms with E-state index in [1.54, 1.807) is 0 Å². The SMILES string of the molecule is Cc1cc2c(cc1CN(C)CC(C)N)OCO2. The zero-order valence-electron chi connectivity index (χ0n) is 10.7. The van der Waals surface area contributed by atoms with Gasteiger partial charge in [0.2, 0.25) is 6.79 Å². The molecule has 0 amide bonds. The summed E-state index contributed by atoms with van der Waals surface area (Å²) in [5, 5.41) is 0. The topological polar surface area (TPSA) is 47.7 Å². The molecule has 4 heteroatoms. The number of rotatable bonds is 4. The van der Waals surface area contributed by atoms with Gasteiger partial charge in [0.15, 0.2) is 11.5 Å².